The Hall–Kier alpha value is -1.71. The second kappa shape index (κ2) is 3.81. The summed E-state index contributed by atoms with van der Waals surface area (Å²) in [7, 11) is 0. The molecule has 0 N–H and O–H groups in total. The first-order chi connectivity index (χ1) is 7.18. The van der Waals surface area contributed by atoms with Crippen LogP contribution < -0.4 is 0 Å². The van der Waals surface area contributed by atoms with Gasteiger partial charge in [0.2, 0.25) is 0 Å². The van der Waals surface area contributed by atoms with Gasteiger partial charge in [-0.15, -0.1) is 10.2 Å². The lowest BCUT2D eigenvalue weighted by molar-refractivity contribution is 0.604. The topological polar surface area (TPSA) is 43.6 Å². The molecular weight excluding hydrogens is 188 g/mol. The van der Waals surface area contributed by atoms with Crippen molar-refractivity contribution in [1.29, 1.82) is 0 Å². The van der Waals surface area contributed by atoms with Crippen molar-refractivity contribution in [2.45, 2.75) is 26.8 Å². The van der Waals surface area contributed by atoms with E-state index in [-0.39, 0.29) is 0 Å². The predicted molar refractivity (Wildman–Crippen MR) is 58.4 cm³/mol. The summed E-state index contributed by atoms with van der Waals surface area (Å²) in [6.07, 6.45) is 5.40. The Kier molecular flexibility index (Phi) is 2.49. The molecule has 0 radical (unpaired) electrons. The van der Waals surface area contributed by atoms with E-state index in [1.807, 2.05) is 23.9 Å². The number of pyridine rings is 1. The zero-order chi connectivity index (χ0) is 10.8. The highest BCUT2D eigenvalue weighted by Crippen LogP contribution is 2.19. The van der Waals surface area contributed by atoms with Crippen molar-refractivity contribution in [1.82, 2.24) is 19.7 Å². The maximum absolute atomic E-state index is 4.16. The number of aromatic nitrogens is 4. The van der Waals surface area contributed by atoms with Gasteiger partial charge in [0.05, 0.1) is 0 Å². The number of aryl methyl sites for hydroxylation is 1. The molecule has 0 spiro atoms. The van der Waals surface area contributed by atoms with Gasteiger partial charge in [-0.05, 0) is 32.4 Å². The lowest BCUT2D eigenvalue weighted by Gasteiger charge is -2.09. The summed E-state index contributed by atoms with van der Waals surface area (Å²) in [5, 5.41) is 8.06. The van der Waals surface area contributed by atoms with Gasteiger partial charge in [0.15, 0.2) is 5.82 Å². The van der Waals surface area contributed by atoms with Gasteiger partial charge in [-0.25, -0.2) is 0 Å². The van der Waals surface area contributed by atoms with E-state index in [0.29, 0.717) is 6.04 Å². The van der Waals surface area contributed by atoms with Gasteiger partial charge in [-0.3, -0.25) is 4.98 Å². The first-order valence-electron chi connectivity index (χ1n) is 5.00. The van der Waals surface area contributed by atoms with E-state index in [4.69, 9.17) is 0 Å². The van der Waals surface area contributed by atoms with E-state index < -0.39 is 0 Å². The first kappa shape index (κ1) is 9.83. The van der Waals surface area contributed by atoms with Crippen LogP contribution in [0.4, 0.5) is 0 Å². The quantitative estimate of drug-likeness (QED) is 0.750. The van der Waals surface area contributed by atoms with Crippen molar-refractivity contribution < 1.29 is 0 Å². The highest BCUT2D eigenvalue weighted by atomic mass is 15.3. The normalized spacial score (nSPS) is 10.9. The average Bonchev–Trinajstić information content (AvgIpc) is 2.65. The smallest absolute Gasteiger partial charge is 0.165 e. The summed E-state index contributed by atoms with van der Waals surface area (Å²) in [6.45, 7) is 6.23. The third-order valence-electron chi connectivity index (χ3n) is 2.26. The van der Waals surface area contributed by atoms with Gasteiger partial charge in [0.25, 0.3) is 0 Å². The summed E-state index contributed by atoms with van der Waals surface area (Å²) in [5.74, 6) is 0.876. The number of nitrogens with zero attached hydrogens (tertiary/aromatic N) is 4. The Morgan fingerprint density at radius 2 is 2.07 bits per heavy atom. The Morgan fingerprint density at radius 3 is 2.73 bits per heavy atom. The summed E-state index contributed by atoms with van der Waals surface area (Å²) in [4.78, 5) is 4.16. The molecule has 4 heteroatoms. The van der Waals surface area contributed by atoms with E-state index >= 15 is 0 Å². The Balaban J connectivity index is 2.49. The summed E-state index contributed by atoms with van der Waals surface area (Å²) >= 11 is 0. The fraction of sp³-hybridized carbons (Fsp3) is 0.364. The van der Waals surface area contributed by atoms with Crippen molar-refractivity contribution in [3.8, 4) is 11.4 Å². The lowest BCUT2D eigenvalue weighted by atomic mass is 10.2. The van der Waals surface area contributed by atoms with Gasteiger partial charge in [-0.1, -0.05) is 0 Å². The molecule has 0 unspecified atom stereocenters. The van der Waals surface area contributed by atoms with Crippen LogP contribution in [-0.4, -0.2) is 19.7 Å². The fourth-order valence-electron chi connectivity index (χ4n) is 1.50. The van der Waals surface area contributed by atoms with E-state index in [1.54, 1.807) is 6.33 Å². The van der Waals surface area contributed by atoms with Gasteiger partial charge in [-0.2, -0.15) is 0 Å². The van der Waals surface area contributed by atoms with Crippen LogP contribution in [0.15, 0.2) is 24.8 Å². The molecular formula is C11H14N4. The standard InChI is InChI=1S/C11H14N4/c1-8(2)15-7-13-14-11(15)10-4-9(3)5-12-6-10/h4-8H,1-3H3. The van der Waals surface area contributed by atoms with E-state index in [9.17, 15) is 0 Å². The predicted octanol–water partition coefficient (Wildman–Crippen LogP) is 2.23. The van der Waals surface area contributed by atoms with Gasteiger partial charge < -0.3 is 4.57 Å². The minimum Gasteiger partial charge on any atom is -0.311 e. The maximum atomic E-state index is 4.16. The minimum absolute atomic E-state index is 0.357. The molecule has 0 amide bonds. The van der Waals surface area contributed by atoms with Crippen LogP contribution in [0.2, 0.25) is 0 Å². The molecule has 78 valence electrons. The first-order valence-corrected chi connectivity index (χ1v) is 5.00. The molecule has 0 saturated heterocycles. The Bertz CT molecular complexity index is 459. The van der Waals surface area contributed by atoms with Crippen molar-refractivity contribution in [3.63, 3.8) is 0 Å². The second-order valence-corrected chi connectivity index (χ2v) is 3.91. The Labute approximate surface area is 89.0 Å². The average molecular weight is 202 g/mol. The summed E-state index contributed by atoms with van der Waals surface area (Å²) in [5.41, 5.74) is 2.15. The molecule has 0 saturated carbocycles. The van der Waals surface area contributed by atoms with Crippen LogP contribution >= 0.6 is 0 Å². The molecule has 15 heavy (non-hydrogen) atoms. The second-order valence-electron chi connectivity index (χ2n) is 3.91. The molecule has 0 aliphatic rings. The van der Waals surface area contributed by atoms with Crippen LogP contribution in [0.25, 0.3) is 11.4 Å². The molecule has 2 aromatic heterocycles. The van der Waals surface area contributed by atoms with Crippen molar-refractivity contribution >= 4 is 0 Å². The van der Waals surface area contributed by atoms with Crippen molar-refractivity contribution in [3.05, 3.63) is 30.4 Å². The molecule has 0 atom stereocenters. The van der Waals surface area contributed by atoms with Crippen LogP contribution in [0.3, 0.4) is 0 Å². The molecule has 2 heterocycles. The van der Waals surface area contributed by atoms with Gasteiger partial charge in [0.1, 0.15) is 6.33 Å². The van der Waals surface area contributed by atoms with E-state index in [2.05, 4.69) is 35.1 Å². The lowest BCUT2D eigenvalue weighted by Crippen LogP contribution is -2.02. The monoisotopic (exact) mass is 202 g/mol. The zero-order valence-electron chi connectivity index (χ0n) is 9.18. The SMILES string of the molecule is Cc1cncc(-c2nncn2C(C)C)c1. The molecule has 2 aromatic rings. The fourth-order valence-corrected chi connectivity index (χ4v) is 1.50. The molecule has 0 aromatic carbocycles. The number of hydrogen-bond acceptors (Lipinski definition) is 3. The van der Waals surface area contributed by atoms with Crippen LogP contribution in [0.5, 0.6) is 0 Å². The number of rotatable bonds is 2. The van der Waals surface area contributed by atoms with Crippen LogP contribution in [0, 0.1) is 6.92 Å². The maximum Gasteiger partial charge on any atom is 0.165 e. The highest BCUT2D eigenvalue weighted by Gasteiger charge is 2.09. The summed E-state index contributed by atoms with van der Waals surface area (Å²) in [6, 6.07) is 2.42. The third-order valence-corrected chi connectivity index (χ3v) is 2.26. The zero-order valence-corrected chi connectivity index (χ0v) is 9.18. The largest absolute Gasteiger partial charge is 0.311 e. The number of hydrogen-bond donors (Lipinski definition) is 0. The molecule has 0 bridgehead atoms. The van der Waals surface area contributed by atoms with Gasteiger partial charge >= 0.3 is 0 Å². The van der Waals surface area contributed by atoms with Crippen LogP contribution in [-0.2, 0) is 0 Å². The van der Waals surface area contributed by atoms with Crippen LogP contribution in [0.1, 0.15) is 25.5 Å². The molecule has 2 rings (SSSR count). The Morgan fingerprint density at radius 1 is 1.27 bits per heavy atom. The molecule has 0 aliphatic heterocycles. The molecule has 0 fully saturated rings. The van der Waals surface area contributed by atoms with Crippen molar-refractivity contribution in [2.24, 2.45) is 0 Å². The molecule has 4 nitrogen and oxygen atoms in total. The van der Waals surface area contributed by atoms with Gasteiger partial charge in [0, 0.05) is 24.0 Å². The van der Waals surface area contributed by atoms with E-state index in [1.165, 1.54) is 0 Å². The summed E-state index contributed by atoms with van der Waals surface area (Å²) < 4.78 is 2.04. The minimum atomic E-state index is 0.357. The third kappa shape index (κ3) is 1.88. The van der Waals surface area contributed by atoms with Crippen molar-refractivity contribution in [2.75, 3.05) is 0 Å². The van der Waals surface area contributed by atoms with E-state index in [0.717, 1.165) is 17.0 Å². The molecule has 0 aliphatic carbocycles. The highest BCUT2D eigenvalue weighted by molar-refractivity contribution is 5.54.